The molecule has 1 rings (SSSR count). The van der Waals surface area contributed by atoms with Gasteiger partial charge in [-0.25, -0.2) is 0 Å². The van der Waals surface area contributed by atoms with Crippen molar-refractivity contribution in [2.45, 2.75) is 13.3 Å². The van der Waals surface area contributed by atoms with Gasteiger partial charge in [0.25, 0.3) is 0 Å². The predicted molar refractivity (Wildman–Crippen MR) is 60.2 cm³/mol. The van der Waals surface area contributed by atoms with Crippen LogP contribution in [-0.4, -0.2) is 31.2 Å². The van der Waals surface area contributed by atoms with E-state index in [0.717, 1.165) is 0 Å². The summed E-state index contributed by atoms with van der Waals surface area (Å²) in [5.41, 5.74) is 0.583. The van der Waals surface area contributed by atoms with Gasteiger partial charge in [-0.05, 0) is 25.1 Å². The van der Waals surface area contributed by atoms with E-state index in [-0.39, 0.29) is 12.4 Å². The van der Waals surface area contributed by atoms with Gasteiger partial charge in [-0.3, -0.25) is 4.79 Å². The molecule has 1 aromatic carbocycles. The Balaban J connectivity index is 2.84. The Morgan fingerprint density at radius 3 is 2.69 bits per heavy atom. The van der Waals surface area contributed by atoms with Gasteiger partial charge in [-0.2, -0.15) is 0 Å². The van der Waals surface area contributed by atoms with Crippen molar-refractivity contribution in [1.29, 1.82) is 0 Å². The average Bonchev–Trinajstić information content (AvgIpc) is 2.29. The zero-order valence-corrected chi connectivity index (χ0v) is 9.53. The van der Waals surface area contributed by atoms with Crippen LogP contribution in [0.1, 0.15) is 23.7 Å². The minimum atomic E-state index is -0.0188. The number of Topliss-reactive ketones (excluding diaryl/α,β-unsaturated/α-hetero) is 1. The van der Waals surface area contributed by atoms with Crippen LogP contribution in [0.5, 0.6) is 11.5 Å². The van der Waals surface area contributed by atoms with E-state index in [9.17, 15) is 4.79 Å². The van der Waals surface area contributed by atoms with Gasteiger partial charge in [-0.1, -0.05) is 0 Å². The maximum atomic E-state index is 11.2. The molecular weight excluding hydrogens is 208 g/mol. The molecule has 4 nitrogen and oxygen atoms in total. The quantitative estimate of drug-likeness (QED) is 0.589. The summed E-state index contributed by atoms with van der Waals surface area (Å²) in [6.07, 6.45) is 0.549. The minimum absolute atomic E-state index is 0.0188. The SMILES string of the molecule is COc1ccc(C(C)=O)cc1OCCCO. The van der Waals surface area contributed by atoms with Crippen molar-refractivity contribution in [2.75, 3.05) is 20.3 Å². The lowest BCUT2D eigenvalue weighted by atomic mass is 10.1. The molecule has 0 radical (unpaired) electrons. The molecule has 1 aromatic rings. The first-order valence-corrected chi connectivity index (χ1v) is 5.11. The molecule has 0 amide bonds. The maximum absolute atomic E-state index is 11.2. The summed E-state index contributed by atoms with van der Waals surface area (Å²) in [4.78, 5) is 11.2. The lowest BCUT2D eigenvalue weighted by Crippen LogP contribution is -2.02. The van der Waals surface area contributed by atoms with Crippen LogP contribution in [0, 0.1) is 0 Å². The minimum Gasteiger partial charge on any atom is -0.493 e. The number of carbonyl (C=O) groups excluding carboxylic acids is 1. The fraction of sp³-hybridized carbons (Fsp3) is 0.417. The molecule has 0 atom stereocenters. The molecule has 0 bridgehead atoms. The number of hydrogen-bond acceptors (Lipinski definition) is 4. The van der Waals surface area contributed by atoms with Crippen molar-refractivity contribution in [1.82, 2.24) is 0 Å². The van der Waals surface area contributed by atoms with E-state index in [2.05, 4.69) is 0 Å². The van der Waals surface area contributed by atoms with Crippen LogP contribution in [0.15, 0.2) is 18.2 Å². The third-order valence-electron chi connectivity index (χ3n) is 2.13. The van der Waals surface area contributed by atoms with Crippen LogP contribution >= 0.6 is 0 Å². The topological polar surface area (TPSA) is 55.8 Å². The molecule has 0 aliphatic heterocycles. The summed E-state index contributed by atoms with van der Waals surface area (Å²) < 4.78 is 10.5. The molecule has 0 saturated carbocycles. The van der Waals surface area contributed by atoms with E-state index < -0.39 is 0 Å². The van der Waals surface area contributed by atoms with Gasteiger partial charge in [0, 0.05) is 18.6 Å². The van der Waals surface area contributed by atoms with E-state index in [1.807, 2.05) is 0 Å². The van der Waals surface area contributed by atoms with Crippen molar-refractivity contribution < 1.29 is 19.4 Å². The smallest absolute Gasteiger partial charge is 0.161 e. The monoisotopic (exact) mass is 224 g/mol. The standard InChI is InChI=1S/C12H16O4/c1-9(14)10-4-5-11(15-2)12(8-10)16-7-3-6-13/h4-5,8,13H,3,6-7H2,1-2H3. The molecule has 0 aliphatic rings. The van der Waals surface area contributed by atoms with Crippen LogP contribution in [0.25, 0.3) is 0 Å². The predicted octanol–water partition coefficient (Wildman–Crippen LogP) is 1.66. The molecule has 0 aromatic heterocycles. The highest BCUT2D eigenvalue weighted by molar-refractivity contribution is 5.94. The van der Waals surface area contributed by atoms with E-state index in [1.165, 1.54) is 6.92 Å². The van der Waals surface area contributed by atoms with E-state index in [1.54, 1.807) is 25.3 Å². The lowest BCUT2D eigenvalue weighted by Gasteiger charge is -2.11. The highest BCUT2D eigenvalue weighted by Crippen LogP contribution is 2.28. The van der Waals surface area contributed by atoms with Crippen LogP contribution in [0.3, 0.4) is 0 Å². The number of aliphatic hydroxyl groups excluding tert-OH is 1. The molecule has 0 fully saturated rings. The average molecular weight is 224 g/mol. The summed E-state index contributed by atoms with van der Waals surface area (Å²) in [5, 5.41) is 8.65. The van der Waals surface area contributed by atoms with Gasteiger partial charge in [0.1, 0.15) is 0 Å². The van der Waals surface area contributed by atoms with Gasteiger partial charge < -0.3 is 14.6 Å². The largest absolute Gasteiger partial charge is 0.493 e. The number of ketones is 1. The first-order valence-electron chi connectivity index (χ1n) is 5.11. The van der Waals surface area contributed by atoms with Crippen LogP contribution < -0.4 is 9.47 Å². The molecule has 4 heteroatoms. The molecule has 0 aliphatic carbocycles. The van der Waals surface area contributed by atoms with Crippen molar-refractivity contribution in [3.63, 3.8) is 0 Å². The molecule has 0 unspecified atom stereocenters. The second-order valence-electron chi connectivity index (χ2n) is 3.35. The number of rotatable bonds is 6. The third kappa shape index (κ3) is 3.24. The van der Waals surface area contributed by atoms with Gasteiger partial charge in [0.2, 0.25) is 0 Å². The summed E-state index contributed by atoms with van der Waals surface area (Å²) in [5.74, 6) is 1.10. The molecular formula is C12H16O4. The molecule has 0 spiro atoms. The molecule has 0 saturated heterocycles. The van der Waals surface area contributed by atoms with Crippen LogP contribution in [-0.2, 0) is 0 Å². The summed E-state index contributed by atoms with van der Waals surface area (Å²) in [6, 6.07) is 5.05. The van der Waals surface area contributed by atoms with Crippen molar-refractivity contribution in [2.24, 2.45) is 0 Å². The van der Waals surface area contributed by atoms with E-state index in [4.69, 9.17) is 14.6 Å². The normalized spacial score (nSPS) is 9.94. The fourth-order valence-electron chi connectivity index (χ4n) is 1.26. The lowest BCUT2D eigenvalue weighted by molar-refractivity contribution is 0.101. The van der Waals surface area contributed by atoms with Gasteiger partial charge in [0.15, 0.2) is 17.3 Å². The molecule has 88 valence electrons. The Labute approximate surface area is 94.8 Å². The zero-order valence-electron chi connectivity index (χ0n) is 9.53. The van der Waals surface area contributed by atoms with Crippen molar-refractivity contribution in [3.05, 3.63) is 23.8 Å². The maximum Gasteiger partial charge on any atom is 0.161 e. The molecule has 1 N–H and O–H groups in total. The summed E-state index contributed by atoms with van der Waals surface area (Å²) in [7, 11) is 1.54. The van der Waals surface area contributed by atoms with Gasteiger partial charge in [-0.15, -0.1) is 0 Å². The fourth-order valence-corrected chi connectivity index (χ4v) is 1.26. The molecule has 16 heavy (non-hydrogen) atoms. The number of methoxy groups -OCH3 is 1. The summed E-state index contributed by atoms with van der Waals surface area (Å²) >= 11 is 0. The Bertz CT molecular complexity index is 360. The van der Waals surface area contributed by atoms with Crippen molar-refractivity contribution >= 4 is 5.78 Å². The highest BCUT2D eigenvalue weighted by Gasteiger charge is 2.07. The van der Waals surface area contributed by atoms with Crippen LogP contribution in [0.2, 0.25) is 0 Å². The Morgan fingerprint density at radius 1 is 1.38 bits per heavy atom. The Kier molecular flexibility index (Phi) is 4.79. The number of ether oxygens (including phenoxy) is 2. The number of hydrogen-bond donors (Lipinski definition) is 1. The number of benzene rings is 1. The highest BCUT2D eigenvalue weighted by atomic mass is 16.5. The third-order valence-corrected chi connectivity index (χ3v) is 2.13. The second kappa shape index (κ2) is 6.12. The van der Waals surface area contributed by atoms with Gasteiger partial charge in [0.05, 0.1) is 13.7 Å². The first kappa shape index (κ1) is 12.5. The molecule has 0 heterocycles. The zero-order chi connectivity index (χ0) is 12.0. The first-order chi connectivity index (χ1) is 7.69. The Hall–Kier alpha value is -1.55. The van der Waals surface area contributed by atoms with Crippen LogP contribution in [0.4, 0.5) is 0 Å². The van der Waals surface area contributed by atoms with Gasteiger partial charge >= 0.3 is 0 Å². The number of carbonyl (C=O) groups is 1. The van der Waals surface area contributed by atoms with E-state index >= 15 is 0 Å². The number of aliphatic hydroxyl groups is 1. The summed E-state index contributed by atoms with van der Waals surface area (Å²) in [6.45, 7) is 1.97. The second-order valence-corrected chi connectivity index (χ2v) is 3.35. The van der Waals surface area contributed by atoms with E-state index in [0.29, 0.717) is 30.1 Å². The van der Waals surface area contributed by atoms with Crippen molar-refractivity contribution in [3.8, 4) is 11.5 Å². The Morgan fingerprint density at radius 2 is 2.12 bits per heavy atom.